The van der Waals surface area contributed by atoms with Crippen LogP contribution in [0.5, 0.6) is 0 Å². The van der Waals surface area contributed by atoms with Gasteiger partial charge in [-0.05, 0) is 19.8 Å². The van der Waals surface area contributed by atoms with E-state index in [-0.39, 0.29) is 17.2 Å². The van der Waals surface area contributed by atoms with Gasteiger partial charge in [-0.25, -0.2) is 0 Å². The lowest BCUT2D eigenvalue weighted by Crippen LogP contribution is -2.44. The molecule has 2 fully saturated rings. The van der Waals surface area contributed by atoms with E-state index in [9.17, 15) is 9.59 Å². The van der Waals surface area contributed by atoms with Gasteiger partial charge in [0.25, 0.3) is 5.91 Å². The number of amides is 2. The average molecular weight is 321 g/mol. The summed E-state index contributed by atoms with van der Waals surface area (Å²) in [5.41, 5.74) is 0.552. The summed E-state index contributed by atoms with van der Waals surface area (Å²) in [4.78, 5) is 28.4. The molecule has 7 heteroatoms. The van der Waals surface area contributed by atoms with Crippen LogP contribution in [0.25, 0.3) is 0 Å². The van der Waals surface area contributed by atoms with E-state index in [1.54, 1.807) is 14.0 Å². The van der Waals surface area contributed by atoms with Crippen LogP contribution in [0.4, 0.5) is 0 Å². The largest absolute Gasteiger partial charge is 0.383 e. The molecule has 0 aliphatic carbocycles. The first-order chi connectivity index (χ1) is 11.0. The minimum absolute atomic E-state index is 0.0191. The molecule has 0 radical (unpaired) electrons. The van der Waals surface area contributed by atoms with E-state index in [4.69, 9.17) is 9.26 Å². The van der Waals surface area contributed by atoms with Crippen LogP contribution in [0.2, 0.25) is 0 Å². The molecule has 1 aromatic rings. The second-order valence-corrected chi connectivity index (χ2v) is 6.57. The highest BCUT2D eigenvalue weighted by Gasteiger charge is 2.45. The zero-order valence-corrected chi connectivity index (χ0v) is 13.7. The first-order valence-corrected chi connectivity index (χ1v) is 8.02. The quantitative estimate of drug-likeness (QED) is 0.829. The predicted molar refractivity (Wildman–Crippen MR) is 81.9 cm³/mol. The van der Waals surface area contributed by atoms with E-state index in [1.165, 1.54) is 6.20 Å². The zero-order chi connectivity index (χ0) is 16.4. The summed E-state index contributed by atoms with van der Waals surface area (Å²) >= 11 is 0. The molecular weight excluding hydrogens is 298 g/mol. The number of aromatic nitrogens is 1. The molecule has 0 bridgehead atoms. The number of rotatable bonds is 4. The van der Waals surface area contributed by atoms with E-state index in [0.717, 1.165) is 19.4 Å². The zero-order valence-electron chi connectivity index (χ0n) is 13.7. The van der Waals surface area contributed by atoms with Gasteiger partial charge in [-0.2, -0.15) is 0 Å². The smallest absolute Gasteiger partial charge is 0.259 e. The molecule has 126 valence electrons. The Morgan fingerprint density at radius 3 is 2.78 bits per heavy atom. The normalized spacial score (nSPS) is 20.5. The van der Waals surface area contributed by atoms with Gasteiger partial charge >= 0.3 is 0 Å². The number of aryl methyl sites for hydroxylation is 1. The van der Waals surface area contributed by atoms with Gasteiger partial charge in [-0.1, -0.05) is 5.16 Å². The fourth-order valence-corrected chi connectivity index (χ4v) is 3.58. The van der Waals surface area contributed by atoms with Gasteiger partial charge in [0.2, 0.25) is 5.91 Å². The molecule has 0 aromatic carbocycles. The Labute approximate surface area is 135 Å². The van der Waals surface area contributed by atoms with Crippen molar-refractivity contribution in [3.05, 3.63) is 17.5 Å². The summed E-state index contributed by atoms with van der Waals surface area (Å²) in [7, 11) is 1.65. The fourth-order valence-electron chi connectivity index (χ4n) is 3.58. The van der Waals surface area contributed by atoms with E-state index in [0.29, 0.717) is 44.0 Å². The SMILES string of the molecule is COCCN1CC2(CCN(C(=O)c3cnoc3C)CC2)CC1=O. The molecule has 1 spiro atoms. The summed E-state index contributed by atoms with van der Waals surface area (Å²) in [5, 5.41) is 3.67. The van der Waals surface area contributed by atoms with E-state index >= 15 is 0 Å². The third-order valence-corrected chi connectivity index (χ3v) is 5.06. The van der Waals surface area contributed by atoms with Gasteiger partial charge in [0.1, 0.15) is 11.3 Å². The molecule has 7 nitrogen and oxygen atoms in total. The van der Waals surface area contributed by atoms with Crippen molar-refractivity contribution in [1.29, 1.82) is 0 Å². The molecule has 0 atom stereocenters. The highest BCUT2D eigenvalue weighted by atomic mass is 16.5. The third-order valence-electron chi connectivity index (χ3n) is 5.06. The van der Waals surface area contributed by atoms with Crippen molar-refractivity contribution in [2.75, 3.05) is 39.9 Å². The van der Waals surface area contributed by atoms with Crippen LogP contribution in [0.1, 0.15) is 35.4 Å². The van der Waals surface area contributed by atoms with E-state index in [1.807, 2.05) is 9.80 Å². The first kappa shape index (κ1) is 16.0. The van der Waals surface area contributed by atoms with Crippen LogP contribution in [-0.2, 0) is 9.53 Å². The minimum Gasteiger partial charge on any atom is -0.383 e. The van der Waals surface area contributed by atoms with Crippen molar-refractivity contribution >= 4 is 11.8 Å². The minimum atomic E-state index is -0.0286. The fraction of sp³-hybridized carbons (Fsp3) is 0.688. The van der Waals surface area contributed by atoms with Crippen LogP contribution in [0.3, 0.4) is 0 Å². The lowest BCUT2D eigenvalue weighted by molar-refractivity contribution is -0.128. The first-order valence-electron chi connectivity index (χ1n) is 8.02. The molecule has 2 aliphatic heterocycles. The highest BCUT2D eigenvalue weighted by molar-refractivity contribution is 5.94. The summed E-state index contributed by atoms with van der Waals surface area (Å²) in [6.45, 7) is 5.10. The molecule has 1 aromatic heterocycles. The topological polar surface area (TPSA) is 75.9 Å². The van der Waals surface area contributed by atoms with Gasteiger partial charge in [0.15, 0.2) is 0 Å². The number of carbonyl (C=O) groups excluding carboxylic acids is 2. The Morgan fingerprint density at radius 2 is 2.17 bits per heavy atom. The third kappa shape index (κ3) is 3.10. The number of hydrogen-bond acceptors (Lipinski definition) is 5. The lowest BCUT2D eigenvalue weighted by atomic mass is 9.77. The standard InChI is InChI=1S/C16H23N3O4/c1-12-13(10-17-23-12)15(21)18-5-3-16(4-6-18)9-14(20)19(11-16)7-8-22-2/h10H,3-9,11H2,1-2H3. The molecule has 3 heterocycles. The van der Waals surface area contributed by atoms with Gasteiger partial charge in [-0.15, -0.1) is 0 Å². The Hall–Kier alpha value is -1.89. The maximum atomic E-state index is 12.5. The van der Waals surface area contributed by atoms with Crippen molar-refractivity contribution in [1.82, 2.24) is 15.0 Å². The Kier molecular flexibility index (Phi) is 4.39. The second kappa shape index (κ2) is 6.31. The van der Waals surface area contributed by atoms with Crippen molar-refractivity contribution in [2.24, 2.45) is 5.41 Å². The number of nitrogens with zero attached hydrogens (tertiary/aromatic N) is 3. The molecular formula is C16H23N3O4. The Morgan fingerprint density at radius 1 is 1.43 bits per heavy atom. The Balaban J connectivity index is 1.59. The van der Waals surface area contributed by atoms with Crippen LogP contribution >= 0.6 is 0 Å². The van der Waals surface area contributed by atoms with Gasteiger partial charge in [-0.3, -0.25) is 9.59 Å². The van der Waals surface area contributed by atoms with E-state index in [2.05, 4.69) is 5.16 Å². The van der Waals surface area contributed by atoms with Crippen LogP contribution in [0.15, 0.2) is 10.7 Å². The van der Waals surface area contributed by atoms with Gasteiger partial charge in [0, 0.05) is 45.1 Å². The van der Waals surface area contributed by atoms with Crippen molar-refractivity contribution in [2.45, 2.75) is 26.2 Å². The number of methoxy groups -OCH3 is 1. The average Bonchev–Trinajstić information content (AvgIpc) is 3.09. The molecule has 0 saturated carbocycles. The molecule has 2 amide bonds. The number of piperidine rings is 1. The molecule has 2 aliphatic rings. The highest BCUT2D eigenvalue weighted by Crippen LogP contribution is 2.41. The van der Waals surface area contributed by atoms with Crippen LogP contribution < -0.4 is 0 Å². The number of hydrogen-bond donors (Lipinski definition) is 0. The van der Waals surface area contributed by atoms with Crippen molar-refractivity contribution in [3.8, 4) is 0 Å². The van der Waals surface area contributed by atoms with Crippen molar-refractivity contribution < 1.29 is 18.8 Å². The molecule has 2 saturated heterocycles. The summed E-state index contributed by atoms with van der Waals surface area (Å²) < 4.78 is 10.0. The monoisotopic (exact) mass is 321 g/mol. The lowest BCUT2D eigenvalue weighted by Gasteiger charge is -2.38. The number of carbonyl (C=O) groups is 2. The predicted octanol–water partition coefficient (Wildman–Crippen LogP) is 1.08. The maximum Gasteiger partial charge on any atom is 0.259 e. The van der Waals surface area contributed by atoms with Gasteiger partial charge < -0.3 is 19.1 Å². The summed E-state index contributed by atoms with van der Waals surface area (Å²) in [5.74, 6) is 0.730. The van der Waals surface area contributed by atoms with E-state index < -0.39 is 0 Å². The van der Waals surface area contributed by atoms with Gasteiger partial charge in [0.05, 0.1) is 12.8 Å². The summed E-state index contributed by atoms with van der Waals surface area (Å²) in [6.07, 6.45) is 3.79. The molecule has 0 N–H and O–H groups in total. The number of likely N-dealkylation sites (tertiary alicyclic amines) is 2. The molecule has 3 rings (SSSR count). The molecule has 0 unspecified atom stereocenters. The van der Waals surface area contributed by atoms with Crippen LogP contribution in [0, 0.1) is 12.3 Å². The summed E-state index contributed by atoms with van der Waals surface area (Å²) in [6, 6.07) is 0. The molecule has 23 heavy (non-hydrogen) atoms. The number of ether oxygens (including phenoxy) is 1. The Bertz CT molecular complexity index is 590. The van der Waals surface area contributed by atoms with Crippen molar-refractivity contribution in [3.63, 3.8) is 0 Å². The second-order valence-electron chi connectivity index (χ2n) is 6.57. The van der Waals surface area contributed by atoms with Crippen LogP contribution in [-0.4, -0.2) is 66.7 Å². The maximum absolute atomic E-state index is 12.5.